The van der Waals surface area contributed by atoms with E-state index in [1.165, 1.54) is 6.08 Å². The Kier molecular flexibility index (Phi) is 6.96. The number of aryl methyl sites for hydroxylation is 1. The van der Waals surface area contributed by atoms with Crippen LogP contribution in [0, 0.1) is 18.3 Å². The van der Waals surface area contributed by atoms with Gasteiger partial charge in [0.25, 0.3) is 5.91 Å². The predicted octanol–water partition coefficient (Wildman–Crippen LogP) is 4.50. The number of anilines is 1. The van der Waals surface area contributed by atoms with E-state index >= 15 is 0 Å². The first-order valence-electron chi connectivity index (χ1n) is 7.49. The van der Waals surface area contributed by atoms with Gasteiger partial charge in [0.05, 0.1) is 0 Å². The second-order valence-corrected chi connectivity index (χ2v) is 6.60. The highest BCUT2D eigenvalue weighted by molar-refractivity contribution is 9.10. The van der Waals surface area contributed by atoms with Crippen LogP contribution in [0.15, 0.2) is 52.5 Å². The summed E-state index contributed by atoms with van der Waals surface area (Å²) in [6.07, 6.45) is 1.37. The molecule has 26 heavy (non-hydrogen) atoms. The van der Waals surface area contributed by atoms with Crippen molar-refractivity contribution >= 4 is 51.2 Å². The van der Waals surface area contributed by atoms with E-state index in [9.17, 15) is 9.59 Å². The van der Waals surface area contributed by atoms with Crippen LogP contribution in [0.25, 0.3) is 6.08 Å². The maximum atomic E-state index is 12.0. The molecule has 1 amide bonds. The number of carbonyl (C=O) groups excluding carboxylic acids is 2. The summed E-state index contributed by atoms with van der Waals surface area (Å²) in [4.78, 5) is 23.9. The van der Waals surface area contributed by atoms with Crippen molar-refractivity contribution in [1.29, 1.82) is 5.26 Å². The van der Waals surface area contributed by atoms with Crippen LogP contribution < -0.4 is 5.32 Å². The van der Waals surface area contributed by atoms with Crippen LogP contribution in [0.4, 0.5) is 5.69 Å². The number of carbonyl (C=O) groups is 2. The molecule has 0 radical (unpaired) electrons. The molecule has 0 spiro atoms. The van der Waals surface area contributed by atoms with Crippen LogP contribution in [-0.4, -0.2) is 18.5 Å². The van der Waals surface area contributed by atoms with Gasteiger partial charge >= 0.3 is 5.97 Å². The van der Waals surface area contributed by atoms with Gasteiger partial charge in [-0.2, -0.15) is 5.26 Å². The van der Waals surface area contributed by atoms with Crippen molar-refractivity contribution in [2.75, 3.05) is 11.9 Å². The van der Waals surface area contributed by atoms with Crippen molar-refractivity contribution in [3.8, 4) is 6.07 Å². The maximum absolute atomic E-state index is 12.0. The van der Waals surface area contributed by atoms with E-state index in [-0.39, 0.29) is 5.57 Å². The maximum Gasteiger partial charge on any atom is 0.349 e. The Morgan fingerprint density at radius 1 is 1.27 bits per heavy atom. The summed E-state index contributed by atoms with van der Waals surface area (Å²) < 4.78 is 5.83. The summed E-state index contributed by atoms with van der Waals surface area (Å²) in [5.74, 6) is -1.37. The molecular formula is C19H14BrClN2O3. The molecule has 0 saturated heterocycles. The molecule has 2 aromatic rings. The van der Waals surface area contributed by atoms with Crippen LogP contribution >= 0.6 is 27.5 Å². The van der Waals surface area contributed by atoms with Crippen LogP contribution in [0.1, 0.15) is 11.1 Å². The molecule has 0 aliphatic carbocycles. The van der Waals surface area contributed by atoms with Gasteiger partial charge in [0.2, 0.25) is 0 Å². The summed E-state index contributed by atoms with van der Waals surface area (Å²) in [6, 6.07) is 13.7. The zero-order valence-corrected chi connectivity index (χ0v) is 16.1. The predicted molar refractivity (Wildman–Crippen MR) is 104 cm³/mol. The quantitative estimate of drug-likeness (QED) is 0.428. The van der Waals surface area contributed by atoms with E-state index < -0.39 is 18.5 Å². The number of rotatable bonds is 5. The Balaban J connectivity index is 1.95. The molecule has 0 aromatic heterocycles. The van der Waals surface area contributed by atoms with Gasteiger partial charge in [0.1, 0.15) is 11.6 Å². The molecule has 0 bridgehead atoms. The van der Waals surface area contributed by atoms with Crippen molar-refractivity contribution < 1.29 is 14.3 Å². The van der Waals surface area contributed by atoms with E-state index in [0.717, 1.165) is 10.0 Å². The lowest BCUT2D eigenvalue weighted by molar-refractivity contribution is -0.142. The number of hydrogen-bond acceptors (Lipinski definition) is 4. The van der Waals surface area contributed by atoms with Gasteiger partial charge in [-0.05, 0) is 54.5 Å². The minimum absolute atomic E-state index is 0.209. The van der Waals surface area contributed by atoms with Gasteiger partial charge in [-0.3, -0.25) is 4.79 Å². The highest BCUT2D eigenvalue weighted by Gasteiger charge is 2.13. The second-order valence-electron chi connectivity index (χ2n) is 5.31. The standard InChI is InChI=1S/C19H14BrClN2O3/c1-12-8-16(6-7-17(12)20)23-18(24)11-26-19(25)14(10-22)9-13-2-4-15(21)5-3-13/h2-9H,11H2,1H3,(H,23,24)/b14-9+. The number of esters is 1. The monoisotopic (exact) mass is 432 g/mol. The second kappa shape index (κ2) is 9.18. The number of nitrogens with one attached hydrogen (secondary N) is 1. The molecule has 0 heterocycles. The lowest BCUT2D eigenvalue weighted by Crippen LogP contribution is -2.21. The Bertz CT molecular complexity index is 902. The molecule has 0 aliphatic rings. The SMILES string of the molecule is Cc1cc(NC(=O)COC(=O)/C(C#N)=C/c2ccc(Cl)cc2)ccc1Br. The summed E-state index contributed by atoms with van der Waals surface area (Å²) >= 11 is 9.16. The summed E-state index contributed by atoms with van der Waals surface area (Å²) in [7, 11) is 0. The smallest absolute Gasteiger partial charge is 0.349 e. The average Bonchev–Trinajstić information content (AvgIpc) is 2.62. The fourth-order valence-electron chi connectivity index (χ4n) is 1.99. The van der Waals surface area contributed by atoms with E-state index in [1.807, 2.05) is 6.92 Å². The molecule has 7 heteroatoms. The molecule has 1 N–H and O–H groups in total. The molecule has 132 valence electrons. The number of amides is 1. The first-order chi connectivity index (χ1) is 12.4. The molecule has 0 aliphatic heterocycles. The molecule has 2 rings (SSSR count). The van der Waals surface area contributed by atoms with Crippen LogP contribution in [0.5, 0.6) is 0 Å². The average molecular weight is 434 g/mol. The number of hydrogen-bond donors (Lipinski definition) is 1. The number of nitrogens with zero attached hydrogens (tertiary/aromatic N) is 1. The highest BCUT2D eigenvalue weighted by atomic mass is 79.9. The Hall–Kier alpha value is -2.62. The van der Waals surface area contributed by atoms with Gasteiger partial charge < -0.3 is 10.1 Å². The van der Waals surface area contributed by atoms with Gasteiger partial charge in [0.15, 0.2) is 6.61 Å². The first-order valence-corrected chi connectivity index (χ1v) is 8.66. The minimum Gasteiger partial charge on any atom is -0.451 e. The van der Waals surface area contributed by atoms with Crippen molar-refractivity contribution in [2.24, 2.45) is 0 Å². The van der Waals surface area contributed by atoms with Gasteiger partial charge in [-0.15, -0.1) is 0 Å². The van der Waals surface area contributed by atoms with E-state index in [0.29, 0.717) is 16.3 Å². The highest BCUT2D eigenvalue weighted by Crippen LogP contribution is 2.20. The Morgan fingerprint density at radius 3 is 2.58 bits per heavy atom. The van der Waals surface area contributed by atoms with Crippen LogP contribution in [0.2, 0.25) is 5.02 Å². The minimum atomic E-state index is -0.871. The lowest BCUT2D eigenvalue weighted by atomic mass is 10.1. The molecule has 0 fully saturated rings. The van der Waals surface area contributed by atoms with Gasteiger partial charge in [-0.1, -0.05) is 39.7 Å². The zero-order chi connectivity index (χ0) is 19.1. The van der Waals surface area contributed by atoms with Crippen molar-refractivity contribution in [3.63, 3.8) is 0 Å². The lowest BCUT2D eigenvalue weighted by Gasteiger charge is -2.08. The number of halogens is 2. The van der Waals surface area contributed by atoms with Crippen molar-refractivity contribution in [1.82, 2.24) is 0 Å². The summed E-state index contributed by atoms with van der Waals surface area (Å²) in [5.41, 5.74) is 1.96. The largest absolute Gasteiger partial charge is 0.451 e. The normalized spacial score (nSPS) is 10.8. The Morgan fingerprint density at radius 2 is 1.96 bits per heavy atom. The Labute approximate surface area is 164 Å². The molecule has 0 atom stereocenters. The van der Waals surface area contributed by atoms with E-state index in [2.05, 4.69) is 21.2 Å². The van der Waals surface area contributed by atoms with Crippen LogP contribution in [-0.2, 0) is 14.3 Å². The molecule has 0 unspecified atom stereocenters. The number of nitriles is 1. The third-order valence-electron chi connectivity index (χ3n) is 3.30. The van der Waals surface area contributed by atoms with Gasteiger partial charge in [0, 0.05) is 15.2 Å². The summed E-state index contributed by atoms with van der Waals surface area (Å²) in [5, 5.41) is 12.3. The van der Waals surface area contributed by atoms with Crippen molar-refractivity contribution in [2.45, 2.75) is 6.92 Å². The third kappa shape index (κ3) is 5.73. The first kappa shape index (κ1) is 19.7. The fraction of sp³-hybridized carbons (Fsp3) is 0.105. The molecular weight excluding hydrogens is 420 g/mol. The number of ether oxygens (including phenoxy) is 1. The number of benzene rings is 2. The molecule has 5 nitrogen and oxygen atoms in total. The van der Waals surface area contributed by atoms with Gasteiger partial charge in [-0.25, -0.2) is 4.79 Å². The summed E-state index contributed by atoms with van der Waals surface area (Å²) in [6.45, 7) is 1.40. The van der Waals surface area contributed by atoms with E-state index in [4.69, 9.17) is 21.6 Å². The molecule has 0 saturated carbocycles. The topological polar surface area (TPSA) is 79.2 Å². The molecule has 2 aromatic carbocycles. The third-order valence-corrected chi connectivity index (χ3v) is 4.44. The van der Waals surface area contributed by atoms with Crippen LogP contribution in [0.3, 0.4) is 0 Å². The van der Waals surface area contributed by atoms with Crippen molar-refractivity contribution in [3.05, 3.63) is 68.7 Å². The fourth-order valence-corrected chi connectivity index (χ4v) is 2.36. The zero-order valence-electron chi connectivity index (χ0n) is 13.8. The van der Waals surface area contributed by atoms with E-state index in [1.54, 1.807) is 48.5 Å².